The summed E-state index contributed by atoms with van der Waals surface area (Å²) in [5.74, 6) is 1.04. The van der Waals surface area contributed by atoms with E-state index in [-0.39, 0.29) is 0 Å². The number of hydrogen-bond donors (Lipinski definition) is 2. The summed E-state index contributed by atoms with van der Waals surface area (Å²) in [6.45, 7) is 2.07. The predicted molar refractivity (Wildman–Crippen MR) is 80.3 cm³/mol. The van der Waals surface area contributed by atoms with E-state index in [9.17, 15) is 9.59 Å². The first kappa shape index (κ1) is 13.0. The second kappa shape index (κ2) is 4.96. The number of nitrogens with one attached hydrogen (secondary N) is 2. The van der Waals surface area contributed by atoms with Crippen molar-refractivity contribution < 1.29 is 4.52 Å². The molecule has 1 aliphatic rings. The zero-order valence-electron chi connectivity index (χ0n) is 11.7. The fourth-order valence-electron chi connectivity index (χ4n) is 2.68. The highest BCUT2D eigenvalue weighted by Gasteiger charge is 2.18. The molecule has 112 valence electrons. The van der Waals surface area contributed by atoms with E-state index < -0.39 is 11.2 Å². The number of nitrogens with zero attached hydrogens (tertiary/aromatic N) is 2. The Labute approximate surface area is 124 Å². The van der Waals surface area contributed by atoms with Crippen LogP contribution in [0, 0.1) is 5.92 Å². The molecule has 0 unspecified atom stereocenters. The summed E-state index contributed by atoms with van der Waals surface area (Å²) in [6, 6.07) is 7.16. The molecule has 1 aromatic carbocycles. The third-order valence-electron chi connectivity index (χ3n) is 3.96. The SMILES string of the molecule is O=c1ccn(-c2noc3ccc(CC4CNC4)cc23)c(=O)[nH]1. The van der Waals surface area contributed by atoms with E-state index >= 15 is 0 Å². The molecule has 4 rings (SSSR count). The van der Waals surface area contributed by atoms with Crippen molar-refractivity contribution in [1.82, 2.24) is 20.0 Å². The van der Waals surface area contributed by atoms with Crippen molar-refractivity contribution in [2.45, 2.75) is 6.42 Å². The number of rotatable bonds is 3. The van der Waals surface area contributed by atoms with Gasteiger partial charge in [-0.05, 0) is 43.1 Å². The third-order valence-corrected chi connectivity index (χ3v) is 3.96. The van der Waals surface area contributed by atoms with Crippen LogP contribution in [0.2, 0.25) is 0 Å². The zero-order valence-corrected chi connectivity index (χ0v) is 11.7. The smallest absolute Gasteiger partial charge is 0.334 e. The molecule has 0 spiro atoms. The molecular formula is C15H14N4O3. The van der Waals surface area contributed by atoms with Gasteiger partial charge in [-0.15, -0.1) is 0 Å². The molecule has 2 aromatic heterocycles. The van der Waals surface area contributed by atoms with Gasteiger partial charge in [-0.2, -0.15) is 0 Å². The Hall–Kier alpha value is -2.67. The largest absolute Gasteiger partial charge is 0.354 e. The number of fused-ring (bicyclic) bond motifs is 1. The Morgan fingerprint density at radius 1 is 1.27 bits per heavy atom. The quantitative estimate of drug-likeness (QED) is 0.731. The van der Waals surface area contributed by atoms with E-state index in [1.807, 2.05) is 18.2 Å². The summed E-state index contributed by atoms with van der Waals surface area (Å²) < 4.78 is 6.55. The minimum atomic E-state index is -0.531. The van der Waals surface area contributed by atoms with Gasteiger partial charge in [0.1, 0.15) is 0 Å². The third kappa shape index (κ3) is 2.15. The fraction of sp³-hybridized carbons (Fsp3) is 0.267. The minimum absolute atomic E-state index is 0.393. The summed E-state index contributed by atoms with van der Waals surface area (Å²) in [4.78, 5) is 25.3. The number of benzene rings is 1. The molecule has 22 heavy (non-hydrogen) atoms. The van der Waals surface area contributed by atoms with E-state index in [0.717, 1.165) is 24.9 Å². The number of aromatic amines is 1. The van der Waals surface area contributed by atoms with Crippen LogP contribution < -0.4 is 16.6 Å². The molecule has 0 radical (unpaired) electrons. The topological polar surface area (TPSA) is 92.9 Å². The van der Waals surface area contributed by atoms with Crippen LogP contribution in [-0.2, 0) is 6.42 Å². The van der Waals surface area contributed by atoms with Crippen LogP contribution in [0.5, 0.6) is 0 Å². The van der Waals surface area contributed by atoms with Crippen molar-refractivity contribution in [3.63, 3.8) is 0 Å². The van der Waals surface area contributed by atoms with Crippen LogP contribution >= 0.6 is 0 Å². The van der Waals surface area contributed by atoms with E-state index in [0.29, 0.717) is 17.3 Å². The van der Waals surface area contributed by atoms with Crippen molar-refractivity contribution in [3.8, 4) is 5.82 Å². The minimum Gasteiger partial charge on any atom is -0.354 e. The van der Waals surface area contributed by atoms with E-state index in [1.165, 1.54) is 22.4 Å². The molecule has 0 amide bonds. The van der Waals surface area contributed by atoms with Crippen LogP contribution in [0.25, 0.3) is 16.8 Å². The molecule has 0 aliphatic carbocycles. The van der Waals surface area contributed by atoms with Crippen molar-refractivity contribution in [2.75, 3.05) is 13.1 Å². The summed E-state index contributed by atoms with van der Waals surface area (Å²) >= 11 is 0. The van der Waals surface area contributed by atoms with Gasteiger partial charge in [0.05, 0.1) is 5.39 Å². The standard InChI is InChI=1S/C15H14N4O3/c20-13-3-4-19(15(21)17-13)14-11-6-9(5-10-7-16-8-10)1-2-12(11)22-18-14/h1-4,6,10,16H,5,7-8H2,(H,17,20,21). The second-order valence-electron chi connectivity index (χ2n) is 5.55. The highest BCUT2D eigenvalue weighted by Crippen LogP contribution is 2.24. The Kier molecular flexibility index (Phi) is 2.93. The van der Waals surface area contributed by atoms with Crippen molar-refractivity contribution in [3.05, 3.63) is 56.9 Å². The van der Waals surface area contributed by atoms with Gasteiger partial charge in [0.15, 0.2) is 11.4 Å². The summed E-state index contributed by atoms with van der Waals surface area (Å²) in [7, 11) is 0. The number of hydrogen-bond acceptors (Lipinski definition) is 5. The van der Waals surface area contributed by atoms with Gasteiger partial charge in [-0.3, -0.25) is 9.78 Å². The maximum Gasteiger partial charge on any atom is 0.334 e. The van der Waals surface area contributed by atoms with Crippen LogP contribution in [0.3, 0.4) is 0 Å². The molecule has 3 aromatic rings. The van der Waals surface area contributed by atoms with Crippen molar-refractivity contribution >= 4 is 11.0 Å². The Morgan fingerprint density at radius 2 is 2.14 bits per heavy atom. The lowest BCUT2D eigenvalue weighted by Gasteiger charge is -2.27. The molecule has 0 atom stereocenters. The first-order valence-corrected chi connectivity index (χ1v) is 7.12. The van der Waals surface area contributed by atoms with Gasteiger partial charge >= 0.3 is 5.69 Å². The molecular weight excluding hydrogens is 284 g/mol. The highest BCUT2D eigenvalue weighted by molar-refractivity contribution is 5.84. The summed E-state index contributed by atoms with van der Waals surface area (Å²) in [5, 5.41) is 7.98. The molecule has 1 aliphatic heterocycles. The predicted octanol–water partition coefficient (Wildman–Crippen LogP) is 0.429. The van der Waals surface area contributed by atoms with Gasteiger partial charge in [0.2, 0.25) is 0 Å². The monoisotopic (exact) mass is 298 g/mol. The molecule has 2 N–H and O–H groups in total. The molecule has 7 nitrogen and oxygen atoms in total. The van der Waals surface area contributed by atoms with E-state index in [2.05, 4.69) is 15.5 Å². The fourth-order valence-corrected chi connectivity index (χ4v) is 2.68. The normalized spacial score (nSPS) is 15.1. The highest BCUT2D eigenvalue weighted by atomic mass is 16.5. The Bertz CT molecular complexity index is 949. The molecule has 7 heteroatoms. The molecule has 1 saturated heterocycles. The summed E-state index contributed by atoms with van der Waals surface area (Å²) in [6.07, 6.45) is 2.38. The van der Waals surface area contributed by atoms with Crippen molar-refractivity contribution in [1.29, 1.82) is 0 Å². The molecule has 3 heterocycles. The summed E-state index contributed by atoms with van der Waals surface area (Å²) in [5.41, 5.74) is 0.827. The van der Waals surface area contributed by atoms with Gasteiger partial charge in [-0.25, -0.2) is 9.36 Å². The maximum atomic E-state index is 11.9. The second-order valence-corrected chi connectivity index (χ2v) is 5.55. The van der Waals surface area contributed by atoms with E-state index in [1.54, 1.807) is 0 Å². The van der Waals surface area contributed by atoms with Gasteiger partial charge in [0, 0.05) is 12.3 Å². The Morgan fingerprint density at radius 3 is 2.86 bits per heavy atom. The number of H-pyrrole nitrogens is 1. The lowest BCUT2D eigenvalue weighted by Crippen LogP contribution is -2.43. The molecule has 1 fully saturated rings. The van der Waals surface area contributed by atoms with Gasteiger partial charge < -0.3 is 9.84 Å². The Balaban J connectivity index is 1.81. The average molecular weight is 298 g/mol. The van der Waals surface area contributed by atoms with Crippen LogP contribution in [0.15, 0.2) is 44.6 Å². The zero-order chi connectivity index (χ0) is 15.1. The first-order chi connectivity index (χ1) is 10.7. The lowest BCUT2D eigenvalue weighted by atomic mass is 9.94. The van der Waals surface area contributed by atoms with E-state index in [4.69, 9.17) is 4.52 Å². The van der Waals surface area contributed by atoms with Gasteiger partial charge in [0.25, 0.3) is 5.56 Å². The molecule has 0 bridgehead atoms. The molecule has 0 saturated carbocycles. The maximum absolute atomic E-state index is 11.9. The lowest BCUT2D eigenvalue weighted by molar-refractivity contribution is 0.346. The first-order valence-electron chi connectivity index (χ1n) is 7.12. The van der Waals surface area contributed by atoms with Crippen LogP contribution in [-0.4, -0.2) is 27.8 Å². The van der Waals surface area contributed by atoms with Crippen LogP contribution in [0.4, 0.5) is 0 Å². The average Bonchev–Trinajstić information content (AvgIpc) is 2.86. The van der Waals surface area contributed by atoms with Crippen LogP contribution in [0.1, 0.15) is 5.56 Å². The number of aromatic nitrogens is 3. The van der Waals surface area contributed by atoms with Gasteiger partial charge in [-0.1, -0.05) is 11.2 Å². The van der Waals surface area contributed by atoms with Crippen molar-refractivity contribution in [2.24, 2.45) is 5.92 Å².